The summed E-state index contributed by atoms with van der Waals surface area (Å²) in [6.45, 7) is 2.30. The Hall–Kier alpha value is -3.96. The van der Waals surface area contributed by atoms with Crippen LogP contribution in [0, 0.1) is 12.7 Å². The molecule has 0 bridgehead atoms. The average molecular weight is 470 g/mol. The first-order valence-corrected chi connectivity index (χ1v) is 11.2. The number of nitrogens with one attached hydrogen (secondary N) is 1. The van der Waals surface area contributed by atoms with Crippen molar-refractivity contribution in [2.75, 3.05) is 5.32 Å². The molecule has 0 saturated heterocycles. The van der Waals surface area contributed by atoms with Gasteiger partial charge in [-0.1, -0.05) is 59.6 Å². The van der Waals surface area contributed by atoms with Gasteiger partial charge in [0.05, 0.1) is 10.5 Å². The van der Waals surface area contributed by atoms with Crippen molar-refractivity contribution in [2.45, 2.75) is 13.5 Å². The minimum Gasteiger partial charge on any atom is -0.487 e. The Bertz CT molecular complexity index is 1470. The van der Waals surface area contributed by atoms with E-state index in [0.717, 1.165) is 33.3 Å². The van der Waals surface area contributed by atoms with E-state index in [-0.39, 0.29) is 12.4 Å². The summed E-state index contributed by atoms with van der Waals surface area (Å²) < 4.78 is 19.2. The van der Waals surface area contributed by atoms with E-state index in [2.05, 4.69) is 58.6 Å². The van der Waals surface area contributed by atoms with Gasteiger partial charge in [-0.25, -0.2) is 14.4 Å². The van der Waals surface area contributed by atoms with E-state index in [4.69, 9.17) is 16.3 Å². The second kappa shape index (κ2) is 9.49. The number of aryl methyl sites for hydroxylation is 1. The largest absolute Gasteiger partial charge is 0.487 e. The topological polar surface area (TPSA) is 47.0 Å². The van der Waals surface area contributed by atoms with Crippen LogP contribution in [-0.2, 0) is 6.61 Å². The van der Waals surface area contributed by atoms with Crippen molar-refractivity contribution in [2.24, 2.45) is 0 Å². The van der Waals surface area contributed by atoms with Gasteiger partial charge in [-0.05, 0) is 66.1 Å². The summed E-state index contributed by atoms with van der Waals surface area (Å²) in [6.07, 6.45) is 1.54. The second-order valence-corrected chi connectivity index (χ2v) is 8.42. The summed E-state index contributed by atoms with van der Waals surface area (Å²) in [6, 6.07) is 26.3. The Kier molecular flexibility index (Phi) is 6.11. The Labute approximate surface area is 202 Å². The summed E-state index contributed by atoms with van der Waals surface area (Å²) in [7, 11) is 0. The van der Waals surface area contributed by atoms with Crippen molar-refractivity contribution in [1.29, 1.82) is 0 Å². The van der Waals surface area contributed by atoms with Gasteiger partial charge in [0.2, 0.25) is 0 Å². The summed E-state index contributed by atoms with van der Waals surface area (Å²) in [5.74, 6) is 0.906. The standard InChI is InChI=1S/C28H21ClFN3O/c1-18-5-7-20(8-6-18)21-9-11-26-24(14-21)28(32-17-31-26)33-23-10-12-27(25(29)15-23)34-16-19-3-2-4-22(30)13-19/h2-15,17H,16H2,1H3,(H,31,32,33). The maximum atomic E-state index is 13.4. The first kappa shape index (κ1) is 21.9. The first-order valence-electron chi connectivity index (χ1n) is 10.8. The minimum absolute atomic E-state index is 0.225. The van der Waals surface area contributed by atoms with Gasteiger partial charge < -0.3 is 10.1 Å². The van der Waals surface area contributed by atoms with Crippen molar-refractivity contribution >= 4 is 34.0 Å². The molecule has 34 heavy (non-hydrogen) atoms. The van der Waals surface area contributed by atoms with Crippen LogP contribution in [-0.4, -0.2) is 9.97 Å². The Morgan fingerprint density at radius 3 is 2.50 bits per heavy atom. The second-order valence-electron chi connectivity index (χ2n) is 8.01. The van der Waals surface area contributed by atoms with E-state index in [1.54, 1.807) is 24.3 Å². The van der Waals surface area contributed by atoms with Crippen LogP contribution in [0.2, 0.25) is 5.02 Å². The fourth-order valence-electron chi connectivity index (χ4n) is 3.70. The lowest BCUT2D eigenvalue weighted by Gasteiger charge is -2.12. The number of benzene rings is 4. The van der Waals surface area contributed by atoms with Gasteiger partial charge in [-0.3, -0.25) is 0 Å². The Balaban J connectivity index is 1.38. The van der Waals surface area contributed by atoms with Crippen LogP contribution in [0.1, 0.15) is 11.1 Å². The van der Waals surface area contributed by atoms with Crippen LogP contribution in [0.4, 0.5) is 15.9 Å². The van der Waals surface area contributed by atoms with Gasteiger partial charge in [-0.15, -0.1) is 0 Å². The lowest BCUT2D eigenvalue weighted by Crippen LogP contribution is -1.99. The summed E-state index contributed by atoms with van der Waals surface area (Å²) in [5, 5.41) is 4.69. The van der Waals surface area contributed by atoms with E-state index in [1.807, 2.05) is 12.1 Å². The van der Waals surface area contributed by atoms with E-state index in [0.29, 0.717) is 16.6 Å². The molecule has 0 amide bonds. The maximum absolute atomic E-state index is 13.4. The number of hydrogen-bond acceptors (Lipinski definition) is 4. The molecule has 0 aliphatic carbocycles. The fraction of sp³-hybridized carbons (Fsp3) is 0.0714. The zero-order valence-corrected chi connectivity index (χ0v) is 19.2. The van der Waals surface area contributed by atoms with Crippen LogP contribution in [0.15, 0.2) is 91.3 Å². The van der Waals surface area contributed by atoms with Crippen LogP contribution in [0.25, 0.3) is 22.0 Å². The number of nitrogens with zero attached hydrogens (tertiary/aromatic N) is 2. The van der Waals surface area contributed by atoms with E-state index in [1.165, 1.54) is 24.0 Å². The molecule has 0 saturated carbocycles. The maximum Gasteiger partial charge on any atom is 0.141 e. The molecule has 1 heterocycles. The molecule has 0 spiro atoms. The highest BCUT2D eigenvalue weighted by Gasteiger charge is 2.09. The number of aromatic nitrogens is 2. The molecular formula is C28H21ClFN3O. The van der Waals surface area contributed by atoms with Crippen molar-refractivity contribution in [3.8, 4) is 16.9 Å². The van der Waals surface area contributed by atoms with Crippen LogP contribution >= 0.6 is 11.6 Å². The normalized spacial score (nSPS) is 10.9. The lowest BCUT2D eigenvalue weighted by molar-refractivity contribution is 0.306. The van der Waals surface area contributed by atoms with Gasteiger partial charge in [0.15, 0.2) is 0 Å². The van der Waals surface area contributed by atoms with E-state index in [9.17, 15) is 4.39 Å². The zero-order chi connectivity index (χ0) is 23.5. The molecule has 4 aromatic carbocycles. The van der Waals surface area contributed by atoms with Gasteiger partial charge in [-0.2, -0.15) is 0 Å². The molecule has 5 aromatic rings. The van der Waals surface area contributed by atoms with Crippen LogP contribution in [0.3, 0.4) is 0 Å². The molecule has 0 fully saturated rings. The number of hydrogen-bond donors (Lipinski definition) is 1. The monoisotopic (exact) mass is 469 g/mol. The third-order valence-electron chi connectivity index (χ3n) is 5.50. The van der Waals surface area contributed by atoms with Gasteiger partial charge in [0, 0.05) is 11.1 Å². The fourth-order valence-corrected chi connectivity index (χ4v) is 3.94. The molecule has 4 nitrogen and oxygen atoms in total. The molecule has 1 aromatic heterocycles. The molecule has 0 aliphatic rings. The predicted molar refractivity (Wildman–Crippen MR) is 135 cm³/mol. The summed E-state index contributed by atoms with van der Waals surface area (Å²) >= 11 is 6.46. The predicted octanol–water partition coefficient (Wildman–Crippen LogP) is 7.72. The lowest BCUT2D eigenvalue weighted by atomic mass is 10.0. The molecule has 0 atom stereocenters. The highest BCUT2D eigenvalue weighted by atomic mass is 35.5. The third kappa shape index (κ3) is 4.85. The Morgan fingerprint density at radius 2 is 1.71 bits per heavy atom. The molecular weight excluding hydrogens is 449 g/mol. The van der Waals surface area contributed by atoms with Crippen molar-refractivity contribution in [3.63, 3.8) is 0 Å². The quantitative estimate of drug-likeness (QED) is 0.276. The molecule has 0 radical (unpaired) electrons. The van der Waals surface area contributed by atoms with Crippen molar-refractivity contribution < 1.29 is 9.13 Å². The number of ether oxygens (including phenoxy) is 1. The number of rotatable bonds is 6. The number of fused-ring (bicyclic) bond motifs is 1. The number of anilines is 2. The van der Waals surface area contributed by atoms with E-state index >= 15 is 0 Å². The van der Waals surface area contributed by atoms with E-state index < -0.39 is 0 Å². The highest BCUT2D eigenvalue weighted by molar-refractivity contribution is 6.32. The zero-order valence-electron chi connectivity index (χ0n) is 18.4. The molecule has 6 heteroatoms. The molecule has 5 rings (SSSR count). The van der Waals surface area contributed by atoms with Crippen LogP contribution in [0.5, 0.6) is 5.75 Å². The first-order chi connectivity index (χ1) is 16.5. The number of halogens is 2. The molecule has 0 unspecified atom stereocenters. The van der Waals surface area contributed by atoms with Gasteiger partial charge in [0.25, 0.3) is 0 Å². The highest BCUT2D eigenvalue weighted by Crippen LogP contribution is 2.32. The third-order valence-corrected chi connectivity index (χ3v) is 5.79. The molecule has 1 N–H and O–H groups in total. The van der Waals surface area contributed by atoms with Crippen molar-refractivity contribution in [1.82, 2.24) is 9.97 Å². The van der Waals surface area contributed by atoms with Crippen LogP contribution < -0.4 is 10.1 Å². The summed E-state index contributed by atoms with van der Waals surface area (Å²) in [5.41, 5.74) is 5.78. The SMILES string of the molecule is Cc1ccc(-c2ccc3ncnc(Nc4ccc(OCc5cccc(F)c5)c(Cl)c4)c3c2)cc1. The minimum atomic E-state index is -0.297. The van der Waals surface area contributed by atoms with Crippen molar-refractivity contribution in [3.05, 3.63) is 113 Å². The molecule has 0 aliphatic heterocycles. The average Bonchev–Trinajstić information content (AvgIpc) is 2.84. The Morgan fingerprint density at radius 1 is 0.882 bits per heavy atom. The van der Waals surface area contributed by atoms with Gasteiger partial charge >= 0.3 is 0 Å². The summed E-state index contributed by atoms with van der Waals surface area (Å²) in [4.78, 5) is 8.85. The van der Waals surface area contributed by atoms with Gasteiger partial charge in [0.1, 0.15) is 30.3 Å². The molecule has 168 valence electrons. The smallest absolute Gasteiger partial charge is 0.141 e.